The Hall–Kier alpha value is -3.30. The van der Waals surface area contributed by atoms with Crippen LogP contribution in [0.4, 0.5) is 4.39 Å². The van der Waals surface area contributed by atoms with E-state index < -0.39 is 7.82 Å². The number of nitrogens with zero attached hydrogens (tertiary/aromatic N) is 3. The van der Waals surface area contributed by atoms with Gasteiger partial charge in [0.1, 0.15) is 17.7 Å². The summed E-state index contributed by atoms with van der Waals surface area (Å²) in [4.78, 5) is 33.1. The molecule has 0 saturated carbocycles. The van der Waals surface area contributed by atoms with Gasteiger partial charge in [-0.15, -0.1) is 0 Å². The van der Waals surface area contributed by atoms with E-state index in [1.54, 1.807) is 47.8 Å². The number of carbonyl (C=O) groups is 1. The molecule has 2 heterocycles. The number of ether oxygens (including phenoxy) is 1. The fourth-order valence-electron chi connectivity index (χ4n) is 4.41. The molecule has 1 saturated heterocycles. The highest BCUT2D eigenvalue weighted by atomic mass is 31.2. The summed E-state index contributed by atoms with van der Waals surface area (Å²) in [6.45, 7) is 4.07. The summed E-state index contributed by atoms with van der Waals surface area (Å²) in [6, 6.07) is 11.6. The molecule has 1 aliphatic rings. The first kappa shape index (κ1) is 26.8. The van der Waals surface area contributed by atoms with Crippen molar-refractivity contribution < 1.29 is 37.4 Å². The van der Waals surface area contributed by atoms with E-state index in [0.717, 1.165) is 23.2 Å². The summed E-state index contributed by atoms with van der Waals surface area (Å²) in [5, 5.41) is 0. The maximum absolute atomic E-state index is 13.3. The summed E-state index contributed by atoms with van der Waals surface area (Å²) < 4.78 is 37.9. The first-order valence-electron chi connectivity index (χ1n) is 11.8. The fourth-order valence-corrected chi connectivity index (χ4v) is 4.69. The van der Waals surface area contributed by atoms with Crippen molar-refractivity contribution in [2.45, 2.75) is 39.5 Å². The van der Waals surface area contributed by atoms with Gasteiger partial charge in [-0.05, 0) is 61.2 Å². The van der Waals surface area contributed by atoms with Crippen LogP contribution in [0.25, 0.3) is 11.8 Å². The number of amides is 1. The maximum Gasteiger partial charge on any atom is 0.472 e. The molecule has 196 valence electrons. The highest BCUT2D eigenvalue weighted by molar-refractivity contribution is 7.46. The molecule has 9 nitrogen and oxygen atoms in total. The molecule has 1 amide bonds. The number of piperidine rings is 1. The molecule has 2 N–H and O–H groups in total. The number of phosphoric acid groups is 1. The molecule has 1 fully saturated rings. The summed E-state index contributed by atoms with van der Waals surface area (Å²) in [7, 11) is -3.05. The lowest BCUT2D eigenvalue weighted by Crippen LogP contribution is -2.38. The van der Waals surface area contributed by atoms with Crippen molar-refractivity contribution in [3.05, 3.63) is 83.2 Å². The topological polar surface area (TPSA) is 105 Å². The predicted octanol–water partition coefficient (Wildman–Crippen LogP) is 4.05. The van der Waals surface area contributed by atoms with Crippen LogP contribution in [0, 0.1) is 12.7 Å². The van der Waals surface area contributed by atoms with Gasteiger partial charge in [-0.25, -0.2) is 18.0 Å². The Balaban J connectivity index is 1.56. The minimum absolute atomic E-state index is 0.0433. The highest BCUT2D eigenvalue weighted by Crippen LogP contribution is 2.36. The van der Waals surface area contributed by atoms with E-state index in [4.69, 9.17) is 14.5 Å². The monoisotopic (exact) mass is 530 g/mol. The minimum atomic E-state index is -4.60. The Morgan fingerprint density at radius 3 is 2.62 bits per heavy atom. The summed E-state index contributed by atoms with van der Waals surface area (Å²) in [5.74, 6) is 0.212. The minimum Gasteiger partial charge on any atom is -0.492 e. The standard InChI is InChI=1S/C26H29FN3O6P/c1-18-15-28(16-29(18)17-36-37(32,33)34)24-11-6-20(14-25(24)35-3)13-22-5-4-12-30(26(22)31)19(2)21-7-9-23(27)10-8-21/h6-11,13-16,19H,4-5,12,17H2,1-3H3,(H-,32,33,34)/p+1/t19-/m0/s1. The third-order valence-electron chi connectivity index (χ3n) is 6.43. The number of halogens is 1. The largest absolute Gasteiger partial charge is 0.492 e. The van der Waals surface area contributed by atoms with E-state index in [-0.39, 0.29) is 24.5 Å². The Morgan fingerprint density at radius 1 is 1.22 bits per heavy atom. The lowest BCUT2D eigenvalue weighted by molar-refractivity contribution is -0.596. The third kappa shape index (κ3) is 6.34. The van der Waals surface area contributed by atoms with Gasteiger partial charge in [-0.1, -0.05) is 18.2 Å². The molecule has 1 aliphatic heterocycles. The summed E-state index contributed by atoms with van der Waals surface area (Å²) in [6.07, 6.45) is 6.80. The molecule has 3 aromatic rings. The van der Waals surface area contributed by atoms with Gasteiger partial charge in [0.2, 0.25) is 12.6 Å². The van der Waals surface area contributed by atoms with E-state index in [1.165, 1.54) is 12.1 Å². The van der Waals surface area contributed by atoms with Crippen LogP contribution >= 0.6 is 7.82 Å². The number of methoxy groups -OCH3 is 1. The van der Waals surface area contributed by atoms with E-state index in [9.17, 15) is 13.8 Å². The second kappa shape index (κ2) is 11.0. The lowest BCUT2D eigenvalue weighted by atomic mass is 9.97. The number of hydrogen-bond donors (Lipinski definition) is 2. The Kier molecular flexibility index (Phi) is 7.94. The number of hydrogen-bond acceptors (Lipinski definition) is 4. The molecule has 2 aromatic carbocycles. The van der Waals surface area contributed by atoms with Crippen molar-refractivity contribution in [1.82, 2.24) is 9.47 Å². The van der Waals surface area contributed by atoms with Crippen LogP contribution in [-0.2, 0) is 20.6 Å². The van der Waals surface area contributed by atoms with Gasteiger partial charge >= 0.3 is 7.82 Å². The van der Waals surface area contributed by atoms with Gasteiger partial charge in [0, 0.05) is 19.0 Å². The summed E-state index contributed by atoms with van der Waals surface area (Å²) in [5.41, 5.74) is 3.82. The molecule has 1 aromatic heterocycles. The van der Waals surface area contributed by atoms with E-state index in [1.807, 2.05) is 36.1 Å². The number of likely N-dealkylation sites (tertiary alicyclic amines) is 1. The quantitative estimate of drug-likeness (QED) is 0.259. The maximum atomic E-state index is 13.3. The predicted molar refractivity (Wildman–Crippen MR) is 134 cm³/mol. The number of phosphoric ester groups is 1. The number of rotatable bonds is 8. The zero-order valence-electron chi connectivity index (χ0n) is 20.9. The molecule has 4 rings (SSSR count). The molecule has 0 bridgehead atoms. The van der Waals surface area contributed by atoms with Gasteiger partial charge in [-0.3, -0.25) is 4.79 Å². The van der Waals surface area contributed by atoms with Crippen LogP contribution in [0.15, 0.2) is 60.6 Å². The number of benzene rings is 2. The van der Waals surface area contributed by atoms with Crippen LogP contribution in [0.1, 0.15) is 42.6 Å². The highest BCUT2D eigenvalue weighted by Gasteiger charge is 2.28. The molecule has 0 spiro atoms. The second-order valence-electron chi connectivity index (χ2n) is 8.94. The van der Waals surface area contributed by atoms with Crippen LogP contribution in [-0.4, -0.2) is 38.8 Å². The lowest BCUT2D eigenvalue weighted by Gasteiger charge is -2.34. The first-order valence-corrected chi connectivity index (χ1v) is 13.3. The van der Waals surface area contributed by atoms with Gasteiger partial charge in [-0.2, -0.15) is 4.57 Å². The average Bonchev–Trinajstić information content (AvgIpc) is 3.23. The normalized spacial score (nSPS) is 16.3. The van der Waals surface area contributed by atoms with Crippen LogP contribution in [0.5, 0.6) is 5.75 Å². The molecule has 0 aliphatic carbocycles. The number of carbonyl (C=O) groups excluding carboxylic acids is 1. The third-order valence-corrected chi connectivity index (χ3v) is 6.88. The zero-order valence-corrected chi connectivity index (χ0v) is 21.8. The summed E-state index contributed by atoms with van der Waals surface area (Å²) >= 11 is 0. The second-order valence-corrected chi connectivity index (χ2v) is 10.2. The molecule has 11 heteroatoms. The van der Waals surface area contributed by atoms with Crippen molar-refractivity contribution >= 4 is 19.8 Å². The molecular formula is C26H30FN3O6P+. The first-order chi connectivity index (χ1) is 17.6. The fraction of sp³-hybridized carbons (Fsp3) is 0.308. The van der Waals surface area contributed by atoms with E-state index >= 15 is 0 Å². The molecule has 1 atom stereocenters. The number of aromatic nitrogens is 2. The van der Waals surface area contributed by atoms with Crippen molar-refractivity contribution in [3.63, 3.8) is 0 Å². The Labute approximate surface area is 214 Å². The number of aryl methyl sites for hydroxylation is 1. The van der Waals surface area contributed by atoms with Gasteiger partial charge in [0.05, 0.1) is 13.2 Å². The molecule has 0 unspecified atom stereocenters. The van der Waals surface area contributed by atoms with E-state index in [2.05, 4.69) is 4.52 Å². The Morgan fingerprint density at radius 2 is 1.95 bits per heavy atom. The van der Waals surface area contributed by atoms with Crippen LogP contribution in [0.3, 0.4) is 0 Å². The van der Waals surface area contributed by atoms with E-state index in [0.29, 0.717) is 30.0 Å². The van der Waals surface area contributed by atoms with Crippen LogP contribution in [0.2, 0.25) is 0 Å². The molecular weight excluding hydrogens is 500 g/mol. The van der Waals surface area contributed by atoms with Gasteiger partial charge in [0.15, 0.2) is 11.4 Å². The smallest absolute Gasteiger partial charge is 0.472 e. The van der Waals surface area contributed by atoms with Crippen molar-refractivity contribution in [3.8, 4) is 11.4 Å². The average molecular weight is 531 g/mol. The van der Waals surface area contributed by atoms with Crippen molar-refractivity contribution in [1.29, 1.82) is 0 Å². The van der Waals surface area contributed by atoms with Crippen molar-refractivity contribution in [2.75, 3.05) is 13.7 Å². The SMILES string of the molecule is COc1cc(C=C2CCCN([C@@H](C)c3ccc(F)cc3)C2=O)ccc1-[n+]1cc(C)n(COP(=O)(O)O)c1. The van der Waals surface area contributed by atoms with Crippen molar-refractivity contribution in [2.24, 2.45) is 0 Å². The van der Waals surface area contributed by atoms with Gasteiger partial charge < -0.3 is 19.4 Å². The molecule has 0 radical (unpaired) electrons. The zero-order chi connectivity index (χ0) is 26.7. The number of imidazole rings is 1. The van der Waals surface area contributed by atoms with Crippen LogP contribution < -0.4 is 9.30 Å². The molecule has 37 heavy (non-hydrogen) atoms. The Bertz CT molecular complexity index is 1370. The van der Waals surface area contributed by atoms with Gasteiger partial charge in [0.25, 0.3) is 6.33 Å².